The van der Waals surface area contributed by atoms with Crippen molar-refractivity contribution in [2.24, 2.45) is 13.0 Å². The third kappa shape index (κ3) is 5.81. The van der Waals surface area contributed by atoms with Crippen LogP contribution in [0, 0.1) is 5.92 Å². The lowest BCUT2D eigenvalue weighted by Crippen LogP contribution is -2.23. The molecule has 194 valence electrons. The molecule has 1 N–H and O–H groups in total. The first-order chi connectivity index (χ1) is 18.0. The molecule has 2 aromatic heterocycles. The topological polar surface area (TPSA) is 86.7 Å². The molecular weight excluding hydrogens is 488 g/mol. The minimum absolute atomic E-state index is 0.102. The molecule has 0 spiro atoms. The van der Waals surface area contributed by atoms with Crippen molar-refractivity contribution in [2.75, 3.05) is 7.11 Å². The number of thiazole rings is 1. The number of ether oxygens (including phenoxy) is 2. The smallest absolute Gasteiger partial charge is 0.309 e. The number of hydrogen-bond acceptors (Lipinski definition) is 7. The van der Waals surface area contributed by atoms with E-state index in [-0.39, 0.29) is 16.9 Å². The Morgan fingerprint density at radius 1 is 1.14 bits per heavy atom. The van der Waals surface area contributed by atoms with Crippen molar-refractivity contribution in [2.45, 2.75) is 51.2 Å². The van der Waals surface area contributed by atoms with E-state index in [1.165, 1.54) is 4.57 Å². The molecule has 1 aliphatic carbocycles. The van der Waals surface area contributed by atoms with Crippen LogP contribution in [0.4, 0.5) is 0 Å². The Balaban J connectivity index is 1.28. The number of benzene rings is 2. The van der Waals surface area contributed by atoms with Crippen LogP contribution in [0.2, 0.25) is 0 Å². The molecule has 0 saturated heterocycles. The number of aryl methyl sites for hydroxylation is 1. The first kappa shape index (κ1) is 25.3. The molecule has 0 amide bonds. The predicted molar refractivity (Wildman–Crippen MR) is 144 cm³/mol. The van der Waals surface area contributed by atoms with E-state index in [4.69, 9.17) is 18.9 Å². The number of rotatable bonds is 9. The summed E-state index contributed by atoms with van der Waals surface area (Å²) >= 11 is 1.14. The molecule has 1 fully saturated rings. The van der Waals surface area contributed by atoms with E-state index in [2.05, 4.69) is 0 Å². The van der Waals surface area contributed by atoms with Crippen LogP contribution in [-0.4, -0.2) is 27.9 Å². The van der Waals surface area contributed by atoms with Crippen molar-refractivity contribution in [3.05, 3.63) is 74.8 Å². The van der Waals surface area contributed by atoms with Crippen molar-refractivity contribution in [1.82, 2.24) is 9.55 Å². The minimum Gasteiger partial charge on any atom is -0.497 e. The maximum atomic E-state index is 11.8. The number of nitrogens with zero attached hydrogens (tertiary/aromatic N) is 2. The Morgan fingerprint density at radius 3 is 2.70 bits per heavy atom. The molecule has 1 saturated carbocycles. The fourth-order valence-electron chi connectivity index (χ4n) is 4.99. The van der Waals surface area contributed by atoms with E-state index in [1.807, 2.05) is 54.6 Å². The SMILES string of the molecule is COc1cccc(-c2nc(COC3CCCC(CCc4sc(=O)n(C)c4O)C3)c(-c3ccccc3)o2)c1. The van der Waals surface area contributed by atoms with Crippen molar-refractivity contribution in [3.63, 3.8) is 0 Å². The second-order valence-electron chi connectivity index (χ2n) is 9.57. The summed E-state index contributed by atoms with van der Waals surface area (Å²) in [6.45, 7) is 0.371. The average molecular weight is 521 g/mol. The first-order valence-electron chi connectivity index (χ1n) is 12.7. The average Bonchev–Trinajstić information content (AvgIpc) is 3.48. The van der Waals surface area contributed by atoms with Crippen molar-refractivity contribution < 1.29 is 19.0 Å². The molecule has 0 aliphatic heterocycles. The van der Waals surface area contributed by atoms with Crippen LogP contribution in [0.5, 0.6) is 11.6 Å². The zero-order valence-electron chi connectivity index (χ0n) is 21.2. The maximum Gasteiger partial charge on any atom is 0.309 e. The summed E-state index contributed by atoms with van der Waals surface area (Å²) in [5.41, 5.74) is 2.60. The van der Waals surface area contributed by atoms with Crippen LogP contribution < -0.4 is 9.61 Å². The molecule has 2 aromatic carbocycles. The molecule has 4 aromatic rings. The molecule has 5 rings (SSSR count). The van der Waals surface area contributed by atoms with Crippen LogP contribution >= 0.6 is 11.3 Å². The summed E-state index contributed by atoms with van der Waals surface area (Å²) < 4.78 is 19.4. The van der Waals surface area contributed by atoms with Gasteiger partial charge in [-0.2, -0.15) is 0 Å². The number of aromatic nitrogens is 2. The largest absolute Gasteiger partial charge is 0.497 e. The monoisotopic (exact) mass is 520 g/mol. The van der Waals surface area contributed by atoms with Crippen LogP contribution in [0.15, 0.2) is 63.8 Å². The number of hydrogen-bond donors (Lipinski definition) is 1. The molecule has 2 atom stereocenters. The molecule has 0 bridgehead atoms. The van der Waals surface area contributed by atoms with Gasteiger partial charge in [0.2, 0.25) is 11.8 Å². The highest BCUT2D eigenvalue weighted by atomic mass is 32.1. The van der Waals surface area contributed by atoms with Crippen molar-refractivity contribution >= 4 is 11.3 Å². The van der Waals surface area contributed by atoms with Crippen LogP contribution in [-0.2, 0) is 24.8 Å². The summed E-state index contributed by atoms with van der Waals surface area (Å²) in [4.78, 5) is 17.3. The lowest BCUT2D eigenvalue weighted by Gasteiger charge is -2.29. The second-order valence-corrected chi connectivity index (χ2v) is 10.6. The van der Waals surface area contributed by atoms with Gasteiger partial charge in [-0.3, -0.25) is 9.36 Å². The van der Waals surface area contributed by atoms with Crippen LogP contribution in [0.3, 0.4) is 0 Å². The molecule has 0 radical (unpaired) electrons. The number of oxazole rings is 1. The van der Waals surface area contributed by atoms with Crippen molar-refractivity contribution in [1.29, 1.82) is 0 Å². The quantitative estimate of drug-likeness (QED) is 0.283. The Morgan fingerprint density at radius 2 is 1.95 bits per heavy atom. The molecule has 7 nitrogen and oxygen atoms in total. The normalized spacial score (nSPS) is 17.7. The zero-order valence-corrected chi connectivity index (χ0v) is 22.0. The van der Waals surface area contributed by atoms with Gasteiger partial charge < -0.3 is 19.0 Å². The molecule has 1 aliphatic rings. The fourth-order valence-corrected chi connectivity index (χ4v) is 5.87. The summed E-state index contributed by atoms with van der Waals surface area (Å²) in [6.07, 6.45) is 6.02. The van der Waals surface area contributed by atoms with E-state index in [9.17, 15) is 9.90 Å². The highest BCUT2D eigenvalue weighted by Gasteiger charge is 2.25. The standard InChI is InChI=1S/C29H32N2O5S/c1-31-28(32)25(37-29(31)33)15-14-19-8-6-13-23(16-19)35-18-24-26(20-9-4-3-5-10-20)36-27(30-24)21-11-7-12-22(17-21)34-2/h3-5,7,9-12,17,19,23,32H,6,8,13-16,18H2,1-2H3. The van der Waals surface area contributed by atoms with Gasteiger partial charge in [0, 0.05) is 18.2 Å². The number of aromatic hydroxyl groups is 1. The first-order valence-corrected chi connectivity index (χ1v) is 13.5. The van der Waals surface area contributed by atoms with Gasteiger partial charge in [0.05, 0.1) is 24.7 Å². The van der Waals surface area contributed by atoms with Crippen LogP contribution in [0.25, 0.3) is 22.8 Å². The summed E-state index contributed by atoms with van der Waals surface area (Å²) in [7, 11) is 3.25. The highest BCUT2D eigenvalue weighted by molar-refractivity contribution is 7.09. The van der Waals surface area contributed by atoms with Crippen LogP contribution in [0.1, 0.15) is 42.7 Å². The van der Waals surface area contributed by atoms with Gasteiger partial charge in [-0.25, -0.2) is 4.98 Å². The Kier molecular flexibility index (Phi) is 7.76. The lowest BCUT2D eigenvalue weighted by atomic mass is 9.84. The number of methoxy groups -OCH3 is 1. The molecule has 37 heavy (non-hydrogen) atoms. The molecule has 2 heterocycles. The van der Waals surface area contributed by atoms with Gasteiger partial charge in [0.25, 0.3) is 0 Å². The zero-order chi connectivity index (χ0) is 25.8. The Bertz CT molecular complexity index is 1390. The minimum atomic E-state index is -0.118. The lowest BCUT2D eigenvalue weighted by molar-refractivity contribution is 0.00000478. The second kappa shape index (κ2) is 11.4. The van der Waals surface area contributed by atoms with Gasteiger partial charge in [-0.05, 0) is 49.8 Å². The maximum absolute atomic E-state index is 11.8. The van der Waals surface area contributed by atoms with E-state index < -0.39 is 0 Å². The summed E-state index contributed by atoms with van der Waals surface area (Å²) in [6, 6.07) is 17.7. The Labute approximate surface area is 220 Å². The van der Waals surface area contributed by atoms with E-state index in [0.717, 1.165) is 83.1 Å². The van der Waals surface area contributed by atoms with E-state index in [1.54, 1.807) is 14.2 Å². The van der Waals surface area contributed by atoms with Gasteiger partial charge in [0.15, 0.2) is 5.76 Å². The van der Waals surface area contributed by atoms with Gasteiger partial charge >= 0.3 is 4.87 Å². The van der Waals surface area contributed by atoms with Gasteiger partial charge in [-0.15, -0.1) is 0 Å². The molecular formula is C29H32N2O5S. The third-order valence-corrected chi connectivity index (χ3v) is 8.15. The summed E-state index contributed by atoms with van der Waals surface area (Å²) in [5, 5.41) is 10.2. The van der Waals surface area contributed by atoms with E-state index in [0.29, 0.717) is 18.4 Å². The Hall–Kier alpha value is -3.36. The van der Waals surface area contributed by atoms with Gasteiger partial charge in [-0.1, -0.05) is 60.6 Å². The van der Waals surface area contributed by atoms with Crippen molar-refractivity contribution in [3.8, 4) is 34.4 Å². The molecule has 8 heteroatoms. The van der Waals surface area contributed by atoms with Gasteiger partial charge in [0.1, 0.15) is 11.4 Å². The summed E-state index contributed by atoms with van der Waals surface area (Å²) in [5.74, 6) is 2.61. The molecule has 2 unspecified atom stereocenters. The predicted octanol–water partition coefficient (Wildman–Crippen LogP) is 6.19. The highest BCUT2D eigenvalue weighted by Crippen LogP contribution is 2.34. The fraction of sp³-hybridized carbons (Fsp3) is 0.379. The third-order valence-electron chi connectivity index (χ3n) is 7.07. The van der Waals surface area contributed by atoms with E-state index >= 15 is 0 Å².